The first-order valence-corrected chi connectivity index (χ1v) is 8.57. The van der Waals surface area contributed by atoms with Crippen LogP contribution >= 0.6 is 0 Å². The number of H-pyrrole nitrogens is 1. The molecule has 126 valence electrons. The summed E-state index contributed by atoms with van der Waals surface area (Å²) in [4.78, 5) is 16.2. The van der Waals surface area contributed by atoms with Crippen LogP contribution in [0.1, 0.15) is 21.6 Å². The molecule has 0 unspecified atom stereocenters. The van der Waals surface area contributed by atoms with Gasteiger partial charge in [0.05, 0.1) is 11.9 Å². The average molecular weight is 331 g/mol. The van der Waals surface area contributed by atoms with E-state index in [4.69, 9.17) is 5.73 Å². The van der Waals surface area contributed by atoms with Crippen LogP contribution in [0.2, 0.25) is 0 Å². The van der Waals surface area contributed by atoms with Gasteiger partial charge in [-0.15, -0.1) is 0 Å². The maximum Gasteiger partial charge on any atom is 0.235 e. The van der Waals surface area contributed by atoms with Gasteiger partial charge in [-0.05, 0) is 60.7 Å². The number of para-hydroxylation sites is 1. The van der Waals surface area contributed by atoms with E-state index in [0.29, 0.717) is 13.0 Å². The molecule has 0 amide bonds. The van der Waals surface area contributed by atoms with Crippen LogP contribution in [0.3, 0.4) is 0 Å². The van der Waals surface area contributed by atoms with Crippen LogP contribution in [0.25, 0.3) is 21.8 Å². The molecule has 4 aromatic rings. The molecular weight excluding hydrogens is 310 g/mol. The number of nitrogens with two attached hydrogens (primary N) is 1. The van der Waals surface area contributed by atoms with Gasteiger partial charge in [-0.2, -0.15) is 0 Å². The Morgan fingerprint density at radius 1 is 1.16 bits per heavy atom. The van der Waals surface area contributed by atoms with Crippen LogP contribution in [0.15, 0.2) is 54.7 Å². The summed E-state index contributed by atoms with van der Waals surface area (Å²) < 4.78 is 1.85. The maximum atomic E-state index is 13.1. The minimum absolute atomic E-state index is 0.0897. The molecule has 4 rings (SSSR count). The molecule has 0 atom stereocenters. The third-order valence-corrected chi connectivity index (χ3v) is 4.86. The molecule has 2 heterocycles. The number of hydrogen-bond acceptors (Lipinski definition) is 2. The van der Waals surface area contributed by atoms with Crippen molar-refractivity contribution >= 4 is 27.7 Å². The lowest BCUT2D eigenvalue weighted by Crippen LogP contribution is -2.15. The Morgan fingerprint density at radius 2 is 2.00 bits per heavy atom. The number of benzene rings is 2. The second-order valence-corrected chi connectivity index (χ2v) is 6.42. The van der Waals surface area contributed by atoms with Gasteiger partial charge in [0.25, 0.3) is 0 Å². The third kappa shape index (κ3) is 2.65. The van der Waals surface area contributed by atoms with E-state index in [1.54, 1.807) is 0 Å². The molecule has 0 aliphatic carbocycles. The van der Waals surface area contributed by atoms with Crippen LogP contribution in [0.4, 0.5) is 0 Å². The monoisotopic (exact) mass is 331 g/mol. The lowest BCUT2D eigenvalue weighted by Gasteiger charge is -2.08. The molecular formula is C21H21N3O. The molecule has 4 nitrogen and oxygen atoms in total. The van der Waals surface area contributed by atoms with E-state index >= 15 is 0 Å². The molecule has 0 spiro atoms. The normalized spacial score (nSPS) is 11.4. The molecule has 25 heavy (non-hydrogen) atoms. The number of nitrogens with one attached hydrogen (secondary N) is 1. The highest BCUT2D eigenvalue weighted by Crippen LogP contribution is 2.27. The zero-order valence-electron chi connectivity index (χ0n) is 14.3. The van der Waals surface area contributed by atoms with E-state index in [1.807, 2.05) is 54.1 Å². The van der Waals surface area contributed by atoms with Gasteiger partial charge < -0.3 is 10.7 Å². The number of aromatic nitrogens is 2. The van der Waals surface area contributed by atoms with Gasteiger partial charge in [-0.3, -0.25) is 9.36 Å². The molecule has 0 bridgehead atoms. The molecule has 0 fully saturated rings. The number of carbonyl (C=O) groups excluding carboxylic acids is 1. The summed E-state index contributed by atoms with van der Waals surface area (Å²) in [6.07, 6.45) is 3.07. The fourth-order valence-corrected chi connectivity index (χ4v) is 3.68. The largest absolute Gasteiger partial charge is 0.361 e. The molecule has 0 aliphatic heterocycles. The van der Waals surface area contributed by atoms with Crippen molar-refractivity contribution in [3.05, 3.63) is 71.5 Å². The van der Waals surface area contributed by atoms with Gasteiger partial charge in [-0.25, -0.2) is 0 Å². The molecule has 0 aliphatic rings. The predicted octanol–water partition coefficient (Wildman–Crippen LogP) is 3.82. The van der Waals surface area contributed by atoms with E-state index in [1.165, 1.54) is 5.56 Å². The van der Waals surface area contributed by atoms with Crippen LogP contribution in [0, 0.1) is 6.92 Å². The van der Waals surface area contributed by atoms with E-state index in [9.17, 15) is 4.79 Å². The number of rotatable bonds is 4. The van der Waals surface area contributed by atoms with Gasteiger partial charge in [-0.1, -0.05) is 24.3 Å². The van der Waals surface area contributed by atoms with Crippen molar-refractivity contribution in [3.63, 3.8) is 0 Å². The second kappa shape index (κ2) is 6.22. The maximum absolute atomic E-state index is 13.1. The minimum atomic E-state index is 0.0897. The summed E-state index contributed by atoms with van der Waals surface area (Å²) >= 11 is 0. The Balaban J connectivity index is 1.75. The summed E-state index contributed by atoms with van der Waals surface area (Å²) in [5, 5.41) is 2.25. The van der Waals surface area contributed by atoms with Crippen LogP contribution < -0.4 is 5.73 Å². The third-order valence-electron chi connectivity index (χ3n) is 4.86. The summed E-state index contributed by atoms with van der Waals surface area (Å²) in [5.41, 5.74) is 11.0. The Labute approximate surface area is 146 Å². The van der Waals surface area contributed by atoms with Crippen LogP contribution in [0.5, 0.6) is 0 Å². The summed E-state index contributed by atoms with van der Waals surface area (Å²) in [5.74, 6) is 0.0897. The summed E-state index contributed by atoms with van der Waals surface area (Å²) in [6.45, 7) is 2.59. The van der Waals surface area contributed by atoms with E-state index < -0.39 is 0 Å². The predicted molar refractivity (Wildman–Crippen MR) is 102 cm³/mol. The lowest BCUT2D eigenvalue weighted by molar-refractivity contribution is 0.0917. The van der Waals surface area contributed by atoms with Crippen LogP contribution in [-0.4, -0.2) is 22.0 Å². The molecule has 3 N–H and O–H groups in total. The second-order valence-electron chi connectivity index (χ2n) is 6.42. The van der Waals surface area contributed by atoms with Gasteiger partial charge in [0.1, 0.15) is 0 Å². The van der Waals surface area contributed by atoms with Crippen molar-refractivity contribution in [1.29, 1.82) is 0 Å². The zero-order chi connectivity index (χ0) is 17.4. The molecule has 0 saturated heterocycles. The number of hydrogen-bond donors (Lipinski definition) is 2. The lowest BCUT2D eigenvalue weighted by atomic mass is 10.1. The average Bonchev–Trinajstić information content (AvgIpc) is 3.18. The van der Waals surface area contributed by atoms with E-state index in [-0.39, 0.29) is 5.91 Å². The number of nitrogens with zero attached hydrogens (tertiary/aromatic N) is 1. The first kappa shape index (κ1) is 15.7. The Hall–Kier alpha value is -2.85. The van der Waals surface area contributed by atoms with Crippen molar-refractivity contribution in [2.75, 3.05) is 6.54 Å². The molecule has 4 heteroatoms. The Bertz CT molecular complexity index is 1070. The fraction of sp³-hybridized carbons (Fsp3) is 0.190. The van der Waals surface area contributed by atoms with Gasteiger partial charge in [0.15, 0.2) is 0 Å². The molecule has 0 saturated carbocycles. The first-order chi connectivity index (χ1) is 12.2. The number of aromatic amines is 1. The van der Waals surface area contributed by atoms with Crippen molar-refractivity contribution in [1.82, 2.24) is 9.55 Å². The SMILES string of the molecule is Cc1c(CCN)c2ccccc2n1C(=O)Cc1ccc2[nH]ccc2c1. The van der Waals surface area contributed by atoms with Crippen molar-refractivity contribution < 1.29 is 4.79 Å². The van der Waals surface area contributed by atoms with Crippen molar-refractivity contribution in [2.45, 2.75) is 19.8 Å². The fourth-order valence-electron chi connectivity index (χ4n) is 3.68. The standard InChI is InChI=1S/C21H21N3O/c1-14-17(8-10-22)18-4-2-3-5-20(18)24(14)21(25)13-15-6-7-19-16(12-15)9-11-23-19/h2-7,9,11-12,23H,8,10,13,22H2,1H3. The van der Waals surface area contributed by atoms with Gasteiger partial charge >= 0.3 is 0 Å². The topological polar surface area (TPSA) is 63.8 Å². The zero-order valence-corrected chi connectivity index (χ0v) is 14.3. The van der Waals surface area contributed by atoms with Crippen molar-refractivity contribution in [3.8, 4) is 0 Å². The number of carbonyl (C=O) groups is 1. The highest BCUT2D eigenvalue weighted by molar-refractivity contribution is 5.97. The molecule has 2 aromatic heterocycles. The Morgan fingerprint density at radius 3 is 2.84 bits per heavy atom. The number of fused-ring (bicyclic) bond motifs is 2. The Kier molecular flexibility index (Phi) is 3.90. The van der Waals surface area contributed by atoms with Crippen molar-refractivity contribution in [2.24, 2.45) is 5.73 Å². The van der Waals surface area contributed by atoms with Gasteiger partial charge in [0, 0.05) is 22.8 Å². The summed E-state index contributed by atoms with van der Waals surface area (Å²) in [6, 6.07) is 16.2. The van der Waals surface area contributed by atoms with Crippen LogP contribution in [-0.2, 0) is 12.8 Å². The first-order valence-electron chi connectivity index (χ1n) is 8.57. The summed E-state index contributed by atoms with van der Waals surface area (Å²) in [7, 11) is 0. The van der Waals surface area contributed by atoms with Gasteiger partial charge in [0.2, 0.25) is 5.91 Å². The highest BCUT2D eigenvalue weighted by Gasteiger charge is 2.18. The smallest absolute Gasteiger partial charge is 0.235 e. The minimum Gasteiger partial charge on any atom is -0.361 e. The molecule has 2 aromatic carbocycles. The van der Waals surface area contributed by atoms with E-state index in [2.05, 4.69) is 17.1 Å². The molecule has 0 radical (unpaired) electrons. The highest BCUT2D eigenvalue weighted by atomic mass is 16.2. The quantitative estimate of drug-likeness (QED) is 0.597. The van der Waals surface area contributed by atoms with E-state index in [0.717, 1.165) is 39.5 Å².